The van der Waals surface area contributed by atoms with Crippen molar-refractivity contribution >= 4 is 17.2 Å². The molecule has 3 rings (SSSR count). The summed E-state index contributed by atoms with van der Waals surface area (Å²) >= 11 is 1.50. The van der Waals surface area contributed by atoms with E-state index in [0.717, 1.165) is 18.0 Å². The van der Waals surface area contributed by atoms with E-state index < -0.39 is 0 Å². The van der Waals surface area contributed by atoms with Gasteiger partial charge in [-0.25, -0.2) is 4.98 Å². The molecule has 0 spiro atoms. The molecule has 1 saturated carbocycles. The fraction of sp³-hybridized carbons (Fsp3) is 0.733. The van der Waals surface area contributed by atoms with Crippen molar-refractivity contribution in [3.63, 3.8) is 0 Å². The minimum Gasteiger partial charge on any atom is -0.334 e. The van der Waals surface area contributed by atoms with Crippen molar-refractivity contribution in [3.8, 4) is 0 Å². The van der Waals surface area contributed by atoms with Crippen LogP contribution in [0, 0.1) is 5.92 Å². The summed E-state index contributed by atoms with van der Waals surface area (Å²) in [6.45, 7) is 2.80. The number of hydrogen-bond acceptors (Lipinski definition) is 4. The van der Waals surface area contributed by atoms with Gasteiger partial charge in [-0.3, -0.25) is 4.79 Å². The van der Waals surface area contributed by atoms with Crippen LogP contribution in [0.5, 0.6) is 0 Å². The molecule has 1 amide bonds. The van der Waals surface area contributed by atoms with Crippen LogP contribution in [0.3, 0.4) is 0 Å². The summed E-state index contributed by atoms with van der Waals surface area (Å²) in [5.41, 5.74) is 6.43. The standard InChI is InChI=1S/C15H23N3OS/c1-10(16)14-17-12(9-20-14)15(19)18-8-4-6-11-5-2-3-7-13(11)18/h9-11,13H,2-8,16H2,1H3/t10?,11-,13-/m1/s1. The van der Waals surface area contributed by atoms with E-state index in [2.05, 4.69) is 9.88 Å². The molecule has 0 bridgehead atoms. The van der Waals surface area contributed by atoms with Crippen molar-refractivity contribution < 1.29 is 4.79 Å². The number of hydrogen-bond donors (Lipinski definition) is 1. The minimum atomic E-state index is -0.0923. The number of nitrogens with zero attached hydrogens (tertiary/aromatic N) is 2. The summed E-state index contributed by atoms with van der Waals surface area (Å²) in [4.78, 5) is 19.2. The number of aromatic nitrogens is 1. The molecule has 1 aliphatic carbocycles. The van der Waals surface area contributed by atoms with Crippen molar-refractivity contribution in [2.75, 3.05) is 6.54 Å². The molecule has 5 heteroatoms. The van der Waals surface area contributed by atoms with Gasteiger partial charge in [0.15, 0.2) is 0 Å². The molecule has 1 saturated heterocycles. The van der Waals surface area contributed by atoms with Crippen molar-refractivity contribution in [2.45, 2.75) is 57.5 Å². The van der Waals surface area contributed by atoms with Gasteiger partial charge in [-0.05, 0) is 38.5 Å². The Kier molecular flexibility index (Phi) is 4.08. The van der Waals surface area contributed by atoms with Crippen molar-refractivity contribution in [3.05, 3.63) is 16.1 Å². The Morgan fingerprint density at radius 3 is 2.90 bits per heavy atom. The summed E-state index contributed by atoms with van der Waals surface area (Å²) in [5, 5.41) is 2.72. The highest BCUT2D eigenvalue weighted by molar-refractivity contribution is 7.09. The lowest BCUT2D eigenvalue weighted by Gasteiger charge is -2.43. The van der Waals surface area contributed by atoms with Crippen molar-refractivity contribution in [2.24, 2.45) is 11.7 Å². The Labute approximate surface area is 124 Å². The SMILES string of the molecule is CC(N)c1nc(C(=O)N2CCC[C@H]3CCCC[C@H]32)cs1. The van der Waals surface area contributed by atoms with Crippen LogP contribution in [0.4, 0.5) is 0 Å². The zero-order chi connectivity index (χ0) is 14.1. The third-order valence-corrected chi connectivity index (χ3v) is 5.68. The molecule has 2 fully saturated rings. The monoisotopic (exact) mass is 293 g/mol. The molecule has 0 radical (unpaired) electrons. The van der Waals surface area contributed by atoms with Gasteiger partial charge in [0.2, 0.25) is 0 Å². The summed E-state index contributed by atoms with van der Waals surface area (Å²) in [6, 6.07) is 0.357. The number of likely N-dealkylation sites (tertiary alicyclic amines) is 1. The normalized spacial score (nSPS) is 28.0. The van der Waals surface area contributed by atoms with E-state index in [4.69, 9.17) is 5.73 Å². The van der Waals surface area contributed by atoms with Gasteiger partial charge in [-0.2, -0.15) is 0 Å². The molecule has 4 nitrogen and oxygen atoms in total. The number of piperidine rings is 1. The number of carbonyl (C=O) groups excluding carboxylic acids is 1. The lowest BCUT2D eigenvalue weighted by molar-refractivity contribution is 0.0386. The fourth-order valence-electron chi connectivity index (χ4n) is 3.62. The maximum atomic E-state index is 12.7. The maximum Gasteiger partial charge on any atom is 0.273 e. The van der Waals surface area contributed by atoms with Crippen LogP contribution in [-0.2, 0) is 0 Å². The number of fused-ring (bicyclic) bond motifs is 1. The Morgan fingerprint density at radius 1 is 1.40 bits per heavy atom. The molecule has 2 aliphatic rings. The second-order valence-electron chi connectivity index (χ2n) is 6.11. The van der Waals surface area contributed by atoms with Crippen LogP contribution in [0.1, 0.15) is 67.0 Å². The first-order chi connectivity index (χ1) is 9.66. The molecule has 1 aromatic rings. The highest BCUT2D eigenvalue weighted by Gasteiger charge is 2.36. The lowest BCUT2D eigenvalue weighted by Crippen LogP contribution is -2.49. The zero-order valence-corrected chi connectivity index (χ0v) is 12.9. The molecular formula is C15H23N3OS. The largest absolute Gasteiger partial charge is 0.334 e. The molecule has 1 unspecified atom stereocenters. The topological polar surface area (TPSA) is 59.2 Å². The van der Waals surface area contributed by atoms with Gasteiger partial charge < -0.3 is 10.6 Å². The van der Waals surface area contributed by atoms with Crippen molar-refractivity contribution in [1.29, 1.82) is 0 Å². The van der Waals surface area contributed by atoms with Crippen LogP contribution in [0.15, 0.2) is 5.38 Å². The first-order valence-electron chi connectivity index (χ1n) is 7.69. The number of thiazole rings is 1. The smallest absolute Gasteiger partial charge is 0.273 e. The molecule has 2 heterocycles. The Hall–Kier alpha value is -0.940. The van der Waals surface area contributed by atoms with E-state index in [1.165, 1.54) is 43.4 Å². The summed E-state index contributed by atoms with van der Waals surface area (Å²) < 4.78 is 0. The van der Waals surface area contributed by atoms with E-state index in [1.807, 2.05) is 12.3 Å². The molecular weight excluding hydrogens is 270 g/mol. The van der Waals surface area contributed by atoms with Crippen LogP contribution >= 0.6 is 11.3 Å². The molecule has 2 N–H and O–H groups in total. The minimum absolute atomic E-state index is 0.0923. The van der Waals surface area contributed by atoms with Crippen LogP contribution < -0.4 is 5.73 Å². The number of rotatable bonds is 2. The first-order valence-corrected chi connectivity index (χ1v) is 8.56. The summed E-state index contributed by atoms with van der Waals surface area (Å²) in [6.07, 6.45) is 7.47. The van der Waals surface area contributed by atoms with Crippen LogP contribution in [-0.4, -0.2) is 28.4 Å². The molecule has 110 valence electrons. The van der Waals surface area contributed by atoms with Crippen molar-refractivity contribution in [1.82, 2.24) is 9.88 Å². The van der Waals surface area contributed by atoms with Gasteiger partial charge >= 0.3 is 0 Å². The Bertz CT molecular complexity index is 483. The maximum absolute atomic E-state index is 12.7. The first kappa shape index (κ1) is 14.0. The molecule has 3 atom stereocenters. The summed E-state index contributed by atoms with van der Waals surface area (Å²) in [5.74, 6) is 0.831. The van der Waals surface area contributed by atoms with Gasteiger partial charge in [0.25, 0.3) is 5.91 Å². The van der Waals surface area contributed by atoms with E-state index in [0.29, 0.717) is 17.7 Å². The Morgan fingerprint density at radius 2 is 2.15 bits per heavy atom. The number of carbonyl (C=O) groups is 1. The van der Waals surface area contributed by atoms with Crippen LogP contribution in [0.25, 0.3) is 0 Å². The van der Waals surface area contributed by atoms with E-state index in [-0.39, 0.29) is 11.9 Å². The van der Waals surface area contributed by atoms with Gasteiger partial charge in [-0.15, -0.1) is 11.3 Å². The number of nitrogens with two attached hydrogens (primary N) is 1. The Balaban J connectivity index is 1.77. The average molecular weight is 293 g/mol. The quantitative estimate of drug-likeness (QED) is 0.912. The zero-order valence-electron chi connectivity index (χ0n) is 12.0. The fourth-order valence-corrected chi connectivity index (χ4v) is 4.37. The lowest BCUT2D eigenvalue weighted by atomic mass is 9.78. The predicted molar refractivity (Wildman–Crippen MR) is 80.7 cm³/mol. The van der Waals surface area contributed by atoms with Gasteiger partial charge in [0, 0.05) is 18.0 Å². The molecule has 20 heavy (non-hydrogen) atoms. The second kappa shape index (κ2) is 5.82. The van der Waals surface area contributed by atoms with E-state index in [1.54, 1.807) is 0 Å². The second-order valence-corrected chi connectivity index (χ2v) is 7.00. The van der Waals surface area contributed by atoms with E-state index >= 15 is 0 Å². The highest BCUT2D eigenvalue weighted by Crippen LogP contribution is 2.36. The molecule has 0 aromatic carbocycles. The van der Waals surface area contributed by atoms with Crippen LogP contribution in [0.2, 0.25) is 0 Å². The average Bonchev–Trinajstić information content (AvgIpc) is 2.96. The van der Waals surface area contributed by atoms with Gasteiger partial charge in [0.1, 0.15) is 10.7 Å². The number of amides is 1. The van der Waals surface area contributed by atoms with Gasteiger partial charge in [0.05, 0.1) is 6.04 Å². The van der Waals surface area contributed by atoms with Gasteiger partial charge in [-0.1, -0.05) is 12.8 Å². The van der Waals surface area contributed by atoms with E-state index in [9.17, 15) is 4.79 Å². The third-order valence-electron chi connectivity index (χ3n) is 4.63. The molecule has 1 aliphatic heterocycles. The predicted octanol–water partition coefficient (Wildman–Crippen LogP) is 2.96. The third kappa shape index (κ3) is 2.61. The molecule has 1 aromatic heterocycles. The summed E-state index contributed by atoms with van der Waals surface area (Å²) in [7, 11) is 0. The highest BCUT2D eigenvalue weighted by atomic mass is 32.1.